The van der Waals surface area contributed by atoms with Crippen molar-refractivity contribution < 1.29 is 19.1 Å². The van der Waals surface area contributed by atoms with Crippen LogP contribution < -0.4 is 15.4 Å². The normalized spacial score (nSPS) is 21.3. The number of hydrogen-bond donors (Lipinski definition) is 2. The summed E-state index contributed by atoms with van der Waals surface area (Å²) in [6, 6.07) is 6.85. The zero-order valence-corrected chi connectivity index (χ0v) is 11.5. The third-order valence-corrected chi connectivity index (χ3v) is 3.03. The van der Waals surface area contributed by atoms with Gasteiger partial charge in [0.25, 0.3) is 0 Å². The molecule has 0 bridgehead atoms. The second-order valence-electron chi connectivity index (χ2n) is 4.67. The first-order valence-electron chi connectivity index (χ1n) is 6.44. The van der Waals surface area contributed by atoms with E-state index in [0.717, 1.165) is 0 Å². The van der Waals surface area contributed by atoms with Gasteiger partial charge in [0.15, 0.2) is 0 Å². The summed E-state index contributed by atoms with van der Waals surface area (Å²) in [5.74, 6) is 0.257. The fourth-order valence-corrected chi connectivity index (χ4v) is 2.16. The van der Waals surface area contributed by atoms with Crippen LogP contribution in [0.15, 0.2) is 24.3 Å². The number of amides is 1. The van der Waals surface area contributed by atoms with E-state index in [1.54, 1.807) is 18.2 Å². The summed E-state index contributed by atoms with van der Waals surface area (Å²) in [5.41, 5.74) is 0.686. The van der Waals surface area contributed by atoms with Gasteiger partial charge in [-0.1, -0.05) is 6.07 Å². The molecule has 2 N–H and O–H groups in total. The Kier molecular flexibility index (Phi) is 4.57. The van der Waals surface area contributed by atoms with Gasteiger partial charge in [-0.15, -0.1) is 0 Å². The smallest absolute Gasteiger partial charge is 0.323 e. The summed E-state index contributed by atoms with van der Waals surface area (Å²) in [4.78, 5) is 22.4. The average Bonchev–Trinajstić information content (AvgIpc) is 2.86. The van der Waals surface area contributed by atoms with Gasteiger partial charge in [-0.3, -0.25) is 9.59 Å². The molecule has 6 heteroatoms. The van der Waals surface area contributed by atoms with Gasteiger partial charge in [-0.05, 0) is 12.1 Å². The van der Waals surface area contributed by atoms with Crippen LogP contribution in [-0.2, 0) is 14.3 Å². The number of rotatable bonds is 4. The fraction of sp³-hybridized carbons (Fsp3) is 0.429. The van der Waals surface area contributed by atoms with Crippen LogP contribution >= 0.6 is 0 Å². The number of benzene rings is 1. The molecule has 0 aliphatic carbocycles. The monoisotopic (exact) mass is 278 g/mol. The Hall–Kier alpha value is -2.08. The van der Waals surface area contributed by atoms with Crippen LogP contribution in [0.25, 0.3) is 0 Å². The molecule has 1 fully saturated rings. The average molecular weight is 278 g/mol. The molecule has 0 saturated carbocycles. The largest absolute Gasteiger partial charge is 0.489 e. The molecule has 1 saturated heterocycles. The van der Waals surface area contributed by atoms with Crippen LogP contribution in [0.2, 0.25) is 0 Å². The van der Waals surface area contributed by atoms with E-state index < -0.39 is 0 Å². The topological polar surface area (TPSA) is 76.7 Å². The Morgan fingerprint density at radius 3 is 2.90 bits per heavy atom. The highest BCUT2D eigenvalue weighted by Crippen LogP contribution is 2.21. The lowest BCUT2D eigenvalue weighted by atomic mass is 10.2. The number of esters is 1. The molecule has 0 aromatic heterocycles. The lowest BCUT2D eigenvalue weighted by Gasteiger charge is -2.13. The van der Waals surface area contributed by atoms with Crippen LogP contribution in [0.4, 0.5) is 5.69 Å². The molecule has 1 amide bonds. The molecule has 2 atom stereocenters. The molecule has 1 aromatic carbocycles. The number of anilines is 1. The van der Waals surface area contributed by atoms with Gasteiger partial charge < -0.3 is 20.1 Å². The maximum absolute atomic E-state index is 11.4. The van der Waals surface area contributed by atoms with Crippen LogP contribution in [0.5, 0.6) is 5.75 Å². The highest BCUT2D eigenvalue weighted by atomic mass is 16.5. The molecule has 1 heterocycles. The summed E-state index contributed by atoms with van der Waals surface area (Å²) in [7, 11) is 1.37. The molecule has 6 nitrogen and oxygen atoms in total. The lowest BCUT2D eigenvalue weighted by molar-refractivity contribution is -0.142. The number of nitrogens with one attached hydrogen (secondary N) is 2. The van der Waals surface area contributed by atoms with Gasteiger partial charge in [0, 0.05) is 31.6 Å². The summed E-state index contributed by atoms with van der Waals surface area (Å²) in [5, 5.41) is 5.75. The zero-order valence-electron chi connectivity index (χ0n) is 11.5. The third kappa shape index (κ3) is 3.71. The Morgan fingerprint density at radius 2 is 2.20 bits per heavy atom. The predicted molar refractivity (Wildman–Crippen MR) is 73.6 cm³/mol. The van der Waals surface area contributed by atoms with E-state index in [1.165, 1.54) is 14.0 Å². The molecular formula is C14H18N2O4. The first kappa shape index (κ1) is 14.3. The molecular weight excluding hydrogens is 260 g/mol. The summed E-state index contributed by atoms with van der Waals surface area (Å²) >= 11 is 0. The molecule has 108 valence electrons. The van der Waals surface area contributed by atoms with Crippen molar-refractivity contribution in [1.29, 1.82) is 0 Å². The molecule has 1 aliphatic rings. The summed E-state index contributed by atoms with van der Waals surface area (Å²) in [6.45, 7) is 2.04. The number of methoxy groups -OCH3 is 1. The van der Waals surface area contributed by atoms with Crippen molar-refractivity contribution >= 4 is 17.6 Å². The number of carbonyl (C=O) groups excluding carboxylic acids is 2. The van der Waals surface area contributed by atoms with Crippen molar-refractivity contribution in [3.05, 3.63) is 24.3 Å². The summed E-state index contributed by atoms with van der Waals surface area (Å²) in [6.07, 6.45) is 0.475. The van der Waals surface area contributed by atoms with Crippen molar-refractivity contribution in [2.24, 2.45) is 0 Å². The third-order valence-electron chi connectivity index (χ3n) is 3.03. The van der Waals surface area contributed by atoms with Crippen LogP contribution in [0.1, 0.15) is 13.3 Å². The highest BCUT2D eigenvalue weighted by molar-refractivity contribution is 5.88. The van der Waals surface area contributed by atoms with Gasteiger partial charge in [0.1, 0.15) is 17.9 Å². The molecule has 0 spiro atoms. The predicted octanol–water partition coefficient (Wildman–Crippen LogP) is 0.927. The number of carbonyl (C=O) groups is 2. The van der Waals surface area contributed by atoms with E-state index in [9.17, 15) is 9.59 Å². The van der Waals surface area contributed by atoms with Crippen molar-refractivity contribution in [1.82, 2.24) is 5.32 Å². The Bertz CT molecular complexity index is 504. The van der Waals surface area contributed by atoms with E-state index in [-0.39, 0.29) is 24.0 Å². The molecule has 0 unspecified atom stereocenters. The second-order valence-corrected chi connectivity index (χ2v) is 4.67. The molecule has 20 heavy (non-hydrogen) atoms. The van der Waals surface area contributed by atoms with E-state index in [1.807, 2.05) is 6.07 Å². The van der Waals surface area contributed by atoms with E-state index in [4.69, 9.17) is 9.47 Å². The Morgan fingerprint density at radius 1 is 1.40 bits per heavy atom. The van der Waals surface area contributed by atoms with Crippen molar-refractivity contribution in [2.75, 3.05) is 19.0 Å². The molecule has 0 radical (unpaired) electrons. The zero-order chi connectivity index (χ0) is 14.5. The minimum absolute atomic E-state index is 0.0910. The van der Waals surface area contributed by atoms with Crippen LogP contribution in [0, 0.1) is 0 Å². The molecule has 2 rings (SSSR count). The van der Waals surface area contributed by atoms with Crippen molar-refractivity contribution in [2.45, 2.75) is 25.5 Å². The van der Waals surface area contributed by atoms with Crippen LogP contribution in [0.3, 0.4) is 0 Å². The maximum Gasteiger partial charge on any atom is 0.323 e. The van der Waals surface area contributed by atoms with Gasteiger partial charge in [0.05, 0.1) is 7.11 Å². The molecule has 1 aromatic rings. The number of ether oxygens (including phenoxy) is 2. The summed E-state index contributed by atoms with van der Waals surface area (Å²) < 4.78 is 10.5. The van der Waals surface area contributed by atoms with Crippen molar-refractivity contribution in [3.8, 4) is 5.75 Å². The lowest BCUT2D eigenvalue weighted by Crippen LogP contribution is -2.31. The van der Waals surface area contributed by atoms with Gasteiger partial charge in [-0.25, -0.2) is 0 Å². The number of hydrogen-bond acceptors (Lipinski definition) is 5. The minimum Gasteiger partial charge on any atom is -0.489 e. The maximum atomic E-state index is 11.4. The molecule has 1 aliphatic heterocycles. The van der Waals surface area contributed by atoms with E-state index in [0.29, 0.717) is 24.4 Å². The first-order chi connectivity index (χ1) is 9.58. The SMILES string of the molecule is COC(=O)[C@@H]1C[C@@H](Oc2cccc(NC(C)=O)c2)CN1. The minimum atomic E-state index is -0.316. The quantitative estimate of drug-likeness (QED) is 0.801. The Labute approximate surface area is 117 Å². The van der Waals surface area contributed by atoms with E-state index in [2.05, 4.69) is 10.6 Å². The Balaban J connectivity index is 1.94. The van der Waals surface area contributed by atoms with Gasteiger partial charge in [-0.2, -0.15) is 0 Å². The van der Waals surface area contributed by atoms with Crippen molar-refractivity contribution in [3.63, 3.8) is 0 Å². The van der Waals surface area contributed by atoms with Gasteiger partial charge in [0.2, 0.25) is 5.91 Å². The first-order valence-corrected chi connectivity index (χ1v) is 6.44. The van der Waals surface area contributed by atoms with E-state index >= 15 is 0 Å². The van der Waals surface area contributed by atoms with Crippen LogP contribution in [-0.4, -0.2) is 37.7 Å². The van der Waals surface area contributed by atoms with Gasteiger partial charge >= 0.3 is 5.97 Å². The highest BCUT2D eigenvalue weighted by Gasteiger charge is 2.31. The second kappa shape index (κ2) is 6.38. The fourth-order valence-electron chi connectivity index (χ4n) is 2.16. The standard InChI is InChI=1S/C14H18N2O4/c1-9(17)16-10-4-3-5-11(6-10)20-12-7-13(15-8-12)14(18)19-2/h3-6,12-13,15H,7-8H2,1-2H3,(H,16,17)/t12-,13+/m1/s1.